The van der Waals surface area contributed by atoms with Gasteiger partial charge in [-0.2, -0.15) is 0 Å². The first-order valence-electron chi connectivity index (χ1n) is 12.1. The Labute approximate surface area is 207 Å². The fourth-order valence-electron chi connectivity index (χ4n) is 4.32. The maximum Gasteiger partial charge on any atom is 0.226 e. The summed E-state index contributed by atoms with van der Waals surface area (Å²) in [5.74, 6) is 0.739. The van der Waals surface area contributed by atoms with Crippen molar-refractivity contribution in [2.24, 2.45) is 0 Å². The first kappa shape index (κ1) is 24.4. The number of thioether (sulfide) groups is 1. The molecule has 1 N–H and O–H groups in total. The average molecular weight is 475 g/mol. The molecule has 1 unspecified atom stereocenters. The second-order valence-corrected chi connectivity index (χ2v) is 10.1. The van der Waals surface area contributed by atoms with Crippen molar-refractivity contribution in [1.29, 1.82) is 0 Å². The van der Waals surface area contributed by atoms with E-state index >= 15 is 0 Å². The van der Waals surface area contributed by atoms with Crippen molar-refractivity contribution >= 4 is 17.4 Å². The van der Waals surface area contributed by atoms with Gasteiger partial charge in [0.25, 0.3) is 0 Å². The molecule has 34 heavy (non-hydrogen) atoms. The van der Waals surface area contributed by atoms with Crippen LogP contribution in [-0.2, 0) is 6.42 Å². The second-order valence-electron chi connectivity index (χ2n) is 8.96. The monoisotopic (exact) mass is 474 g/mol. The number of hydrogen-bond donors (Lipinski definition) is 1. The Bertz CT molecular complexity index is 1150. The van der Waals surface area contributed by atoms with Crippen LogP contribution in [0.15, 0.2) is 82.5 Å². The lowest BCUT2D eigenvalue weighted by Gasteiger charge is -2.26. The highest BCUT2D eigenvalue weighted by Crippen LogP contribution is 2.50. The summed E-state index contributed by atoms with van der Waals surface area (Å²) in [5, 5.41) is 3.52. The Morgan fingerprint density at radius 3 is 2.53 bits per heavy atom. The predicted octanol–water partition coefficient (Wildman–Crippen LogP) is 6.01. The minimum absolute atomic E-state index is 0.0225. The first-order valence-corrected chi connectivity index (χ1v) is 13.0. The molecule has 0 spiro atoms. The van der Waals surface area contributed by atoms with Gasteiger partial charge in [-0.25, -0.2) is 0 Å². The molecule has 0 saturated heterocycles. The quantitative estimate of drug-likeness (QED) is 0.364. The Kier molecular flexibility index (Phi) is 8.30. The maximum absolute atomic E-state index is 13.4. The largest absolute Gasteiger partial charge is 0.493 e. The molecule has 1 atom stereocenters. The zero-order valence-electron chi connectivity index (χ0n) is 20.3. The molecule has 1 aliphatic heterocycles. The number of hydrogen-bond acceptors (Lipinski definition) is 5. The number of methoxy groups -OCH3 is 1. The molecule has 0 amide bonds. The summed E-state index contributed by atoms with van der Waals surface area (Å²) < 4.78 is 5.52. The molecule has 1 aliphatic rings. The molecule has 0 fully saturated rings. The van der Waals surface area contributed by atoms with Crippen LogP contribution in [-0.4, -0.2) is 26.7 Å². The van der Waals surface area contributed by atoms with Crippen molar-refractivity contribution < 1.29 is 4.74 Å². The highest BCUT2D eigenvalue weighted by molar-refractivity contribution is 8.00. The molecule has 0 aliphatic carbocycles. The van der Waals surface area contributed by atoms with Gasteiger partial charge < -0.3 is 15.0 Å². The molecule has 5 heteroatoms. The van der Waals surface area contributed by atoms with Crippen molar-refractivity contribution in [2.75, 3.05) is 31.6 Å². The Morgan fingerprint density at radius 2 is 1.76 bits per heavy atom. The van der Waals surface area contributed by atoms with E-state index in [9.17, 15) is 4.79 Å². The van der Waals surface area contributed by atoms with Gasteiger partial charge in [0.2, 0.25) is 5.43 Å². The maximum atomic E-state index is 13.4. The number of anilines is 1. The smallest absolute Gasteiger partial charge is 0.226 e. The van der Waals surface area contributed by atoms with E-state index in [1.165, 1.54) is 16.1 Å². The third kappa shape index (κ3) is 5.65. The van der Waals surface area contributed by atoms with E-state index in [1.54, 1.807) is 18.9 Å². The summed E-state index contributed by atoms with van der Waals surface area (Å²) in [4.78, 5) is 17.0. The molecule has 178 valence electrons. The molecular weight excluding hydrogens is 440 g/mol. The minimum Gasteiger partial charge on any atom is -0.493 e. The fourth-order valence-corrected chi connectivity index (χ4v) is 5.69. The minimum atomic E-state index is -0.0597. The van der Waals surface area contributed by atoms with Gasteiger partial charge in [0.15, 0.2) is 5.75 Å². The van der Waals surface area contributed by atoms with Gasteiger partial charge in [-0.05, 0) is 61.2 Å². The summed E-state index contributed by atoms with van der Waals surface area (Å²) in [5.41, 5.74) is 4.42. The van der Waals surface area contributed by atoms with Crippen LogP contribution in [0.2, 0.25) is 0 Å². The van der Waals surface area contributed by atoms with Crippen LogP contribution in [0.3, 0.4) is 0 Å². The average Bonchev–Trinajstić information content (AvgIpc) is 3.12. The predicted molar refractivity (Wildman–Crippen MR) is 143 cm³/mol. The van der Waals surface area contributed by atoms with Crippen molar-refractivity contribution in [3.63, 3.8) is 0 Å². The topological polar surface area (TPSA) is 41.6 Å². The summed E-state index contributed by atoms with van der Waals surface area (Å²) in [6.07, 6.45) is 2.03. The molecule has 0 aromatic heterocycles. The number of rotatable bonds is 10. The summed E-state index contributed by atoms with van der Waals surface area (Å²) in [7, 11) is 1.58. The van der Waals surface area contributed by atoms with E-state index in [2.05, 4.69) is 84.7 Å². The number of para-hydroxylation sites is 1. The van der Waals surface area contributed by atoms with Crippen molar-refractivity contribution in [1.82, 2.24) is 5.32 Å². The standard InChI is InChI=1S/C29H34N2O2S/c1-21(2)23-14-15-24(28(32)26(20-23)33-3)29-31(25-12-7-8-13-27(25)34-29)19-9-17-30-18-16-22-10-5-4-6-11-22/h4-8,10-15,20-21,29-30H,9,16-19H2,1-3H3. The Morgan fingerprint density at radius 1 is 1.00 bits per heavy atom. The lowest BCUT2D eigenvalue weighted by atomic mass is 10.1. The number of nitrogens with zero attached hydrogens (tertiary/aromatic N) is 1. The lowest BCUT2D eigenvalue weighted by Crippen LogP contribution is -2.30. The van der Waals surface area contributed by atoms with Gasteiger partial charge in [0.1, 0.15) is 5.37 Å². The van der Waals surface area contributed by atoms with Crippen LogP contribution in [0.1, 0.15) is 48.3 Å². The van der Waals surface area contributed by atoms with Crippen LogP contribution >= 0.6 is 11.8 Å². The molecule has 1 heterocycles. The number of fused-ring (bicyclic) bond motifs is 1. The van der Waals surface area contributed by atoms with Crippen LogP contribution in [0.4, 0.5) is 5.69 Å². The number of ether oxygens (including phenoxy) is 1. The van der Waals surface area contributed by atoms with E-state index in [4.69, 9.17) is 4.74 Å². The van der Waals surface area contributed by atoms with E-state index in [1.807, 2.05) is 12.1 Å². The summed E-state index contributed by atoms with van der Waals surface area (Å²) in [6, 6.07) is 25.0. The van der Waals surface area contributed by atoms with Gasteiger partial charge >= 0.3 is 0 Å². The van der Waals surface area contributed by atoms with Crippen LogP contribution in [0, 0.1) is 0 Å². The highest BCUT2D eigenvalue weighted by atomic mass is 32.2. The molecule has 0 saturated carbocycles. The van der Waals surface area contributed by atoms with Gasteiger partial charge in [0.05, 0.1) is 12.8 Å². The summed E-state index contributed by atoms with van der Waals surface area (Å²) in [6.45, 7) is 7.06. The van der Waals surface area contributed by atoms with Crippen LogP contribution in [0.25, 0.3) is 0 Å². The molecule has 4 nitrogen and oxygen atoms in total. The molecular formula is C29H34N2O2S. The number of benzene rings is 2. The molecule has 0 radical (unpaired) electrons. The molecule has 3 aromatic rings. The van der Waals surface area contributed by atoms with Crippen LogP contribution in [0.5, 0.6) is 5.75 Å². The van der Waals surface area contributed by atoms with E-state index < -0.39 is 0 Å². The van der Waals surface area contributed by atoms with E-state index in [0.717, 1.165) is 43.6 Å². The van der Waals surface area contributed by atoms with Gasteiger partial charge in [-0.1, -0.05) is 80.2 Å². The Hall–Kier alpha value is -2.76. The zero-order valence-corrected chi connectivity index (χ0v) is 21.1. The van der Waals surface area contributed by atoms with E-state index in [0.29, 0.717) is 11.7 Å². The SMILES string of the molecule is COc1cc(C(C)C)ccc(C2Sc3ccccc3N2CCCNCCc2ccccc2)c1=O. The third-order valence-corrected chi connectivity index (χ3v) is 7.60. The lowest BCUT2D eigenvalue weighted by molar-refractivity contribution is 0.410. The van der Waals surface area contributed by atoms with E-state index in [-0.39, 0.29) is 10.8 Å². The third-order valence-electron chi connectivity index (χ3n) is 6.27. The molecule has 3 aromatic carbocycles. The van der Waals surface area contributed by atoms with Crippen molar-refractivity contribution in [3.05, 3.63) is 99.7 Å². The van der Waals surface area contributed by atoms with Gasteiger partial charge in [-0.15, -0.1) is 0 Å². The van der Waals surface area contributed by atoms with Gasteiger partial charge in [0, 0.05) is 17.0 Å². The highest BCUT2D eigenvalue weighted by Gasteiger charge is 2.32. The molecule has 4 rings (SSSR count). The number of nitrogens with one attached hydrogen (secondary N) is 1. The normalized spacial score (nSPS) is 14.9. The zero-order chi connectivity index (χ0) is 23.9. The summed E-state index contributed by atoms with van der Waals surface area (Å²) >= 11 is 1.76. The molecule has 0 bridgehead atoms. The second kappa shape index (κ2) is 11.6. The van der Waals surface area contributed by atoms with Crippen molar-refractivity contribution in [3.8, 4) is 5.75 Å². The fraction of sp³-hybridized carbons (Fsp3) is 0.345. The Balaban J connectivity index is 1.49. The van der Waals surface area contributed by atoms with Gasteiger partial charge in [-0.3, -0.25) is 4.79 Å². The van der Waals surface area contributed by atoms with Crippen molar-refractivity contribution in [2.45, 2.75) is 42.9 Å². The first-order chi connectivity index (χ1) is 16.6. The van der Waals surface area contributed by atoms with Crippen LogP contribution < -0.4 is 20.4 Å².